The zero-order valence-corrected chi connectivity index (χ0v) is 9.67. The second kappa shape index (κ2) is 4.77. The molecule has 0 amide bonds. The maximum Gasteiger partial charge on any atom is 0.339 e. The van der Waals surface area contributed by atoms with Gasteiger partial charge in [0.05, 0.1) is 7.11 Å². The topological polar surface area (TPSA) is 46.5 Å². The molecular weight excluding hydrogens is 271 g/mol. The Labute approximate surface area is 94.8 Å². The van der Waals surface area contributed by atoms with Gasteiger partial charge in [0.25, 0.3) is 0 Å². The quantitative estimate of drug-likeness (QED) is 0.845. The molecule has 0 saturated heterocycles. The Balaban J connectivity index is 3.01. The molecule has 5 heteroatoms. The molecule has 0 bridgehead atoms. The molecule has 0 aliphatic heterocycles. The highest BCUT2D eigenvalue weighted by molar-refractivity contribution is 9.10. The number of hydrogen-bond acceptors (Lipinski definition) is 3. The summed E-state index contributed by atoms with van der Waals surface area (Å²) in [7, 11) is 1.22. The summed E-state index contributed by atoms with van der Waals surface area (Å²) in [6.45, 7) is 0. The van der Waals surface area contributed by atoms with Gasteiger partial charge < -0.3 is 9.84 Å². The van der Waals surface area contributed by atoms with E-state index in [9.17, 15) is 9.90 Å². The van der Waals surface area contributed by atoms with Crippen LogP contribution < -0.4 is 0 Å². The summed E-state index contributed by atoms with van der Waals surface area (Å²) < 4.78 is 4.98. The third-order valence-corrected chi connectivity index (χ3v) is 2.60. The zero-order valence-electron chi connectivity index (χ0n) is 7.33. The lowest BCUT2D eigenvalue weighted by molar-refractivity contribution is -0.150. The number of benzene rings is 1. The fourth-order valence-corrected chi connectivity index (χ4v) is 1.86. The van der Waals surface area contributed by atoms with Crippen molar-refractivity contribution >= 4 is 33.5 Å². The van der Waals surface area contributed by atoms with E-state index in [1.54, 1.807) is 18.2 Å². The lowest BCUT2D eigenvalue weighted by Gasteiger charge is -2.10. The van der Waals surface area contributed by atoms with Crippen molar-refractivity contribution in [3.63, 3.8) is 0 Å². The van der Waals surface area contributed by atoms with E-state index in [0.717, 1.165) is 0 Å². The molecule has 14 heavy (non-hydrogen) atoms. The first-order chi connectivity index (χ1) is 6.56. The van der Waals surface area contributed by atoms with Crippen molar-refractivity contribution in [2.24, 2.45) is 0 Å². The van der Waals surface area contributed by atoms with Crippen LogP contribution in [0, 0.1) is 0 Å². The van der Waals surface area contributed by atoms with E-state index in [-0.39, 0.29) is 0 Å². The average Bonchev–Trinajstić information content (AvgIpc) is 2.15. The third kappa shape index (κ3) is 2.47. The van der Waals surface area contributed by atoms with Gasteiger partial charge in [0.1, 0.15) is 0 Å². The van der Waals surface area contributed by atoms with E-state index in [1.165, 1.54) is 7.11 Å². The Bertz CT molecular complexity index is 354. The summed E-state index contributed by atoms with van der Waals surface area (Å²) >= 11 is 8.90. The van der Waals surface area contributed by atoms with Crippen molar-refractivity contribution in [3.8, 4) is 0 Å². The van der Waals surface area contributed by atoms with Gasteiger partial charge in [0.15, 0.2) is 6.10 Å². The molecule has 1 unspecified atom stereocenters. The molecular formula is C9H8BrClO3. The minimum absolute atomic E-state index is 0.432. The van der Waals surface area contributed by atoms with Crippen LogP contribution in [0.4, 0.5) is 0 Å². The maximum absolute atomic E-state index is 11.0. The van der Waals surface area contributed by atoms with Crippen LogP contribution in [0.5, 0.6) is 0 Å². The summed E-state index contributed by atoms with van der Waals surface area (Å²) in [5.74, 6) is -0.701. The smallest absolute Gasteiger partial charge is 0.339 e. The molecule has 0 aromatic heterocycles. The van der Waals surface area contributed by atoms with E-state index in [2.05, 4.69) is 20.7 Å². The highest BCUT2D eigenvalue weighted by atomic mass is 79.9. The van der Waals surface area contributed by atoms with Crippen molar-refractivity contribution < 1.29 is 14.6 Å². The summed E-state index contributed by atoms with van der Waals surface area (Å²) in [4.78, 5) is 11.0. The Morgan fingerprint density at radius 1 is 1.64 bits per heavy atom. The van der Waals surface area contributed by atoms with Gasteiger partial charge in [0, 0.05) is 15.1 Å². The number of aliphatic hydroxyl groups is 1. The highest BCUT2D eigenvalue weighted by Gasteiger charge is 2.20. The van der Waals surface area contributed by atoms with E-state index in [0.29, 0.717) is 15.1 Å². The van der Waals surface area contributed by atoms with Crippen LogP contribution in [0.15, 0.2) is 22.7 Å². The zero-order chi connectivity index (χ0) is 10.7. The minimum atomic E-state index is -1.29. The fourth-order valence-electron chi connectivity index (χ4n) is 0.962. The van der Waals surface area contributed by atoms with Gasteiger partial charge in [-0.15, -0.1) is 0 Å². The highest BCUT2D eigenvalue weighted by Crippen LogP contribution is 2.27. The summed E-state index contributed by atoms with van der Waals surface area (Å²) in [5.41, 5.74) is 0.432. The summed E-state index contributed by atoms with van der Waals surface area (Å²) in [6.07, 6.45) is -1.29. The van der Waals surface area contributed by atoms with Crippen molar-refractivity contribution in [1.82, 2.24) is 0 Å². The van der Waals surface area contributed by atoms with Crippen molar-refractivity contribution in [3.05, 3.63) is 33.3 Å². The van der Waals surface area contributed by atoms with Gasteiger partial charge in [-0.1, -0.05) is 33.6 Å². The largest absolute Gasteiger partial charge is 0.467 e. The number of aliphatic hydroxyl groups excluding tert-OH is 1. The third-order valence-electron chi connectivity index (χ3n) is 1.68. The number of halogens is 2. The van der Waals surface area contributed by atoms with Gasteiger partial charge in [-0.05, 0) is 12.1 Å². The molecule has 0 fully saturated rings. The van der Waals surface area contributed by atoms with Gasteiger partial charge in [0.2, 0.25) is 0 Å². The van der Waals surface area contributed by atoms with Gasteiger partial charge in [-0.3, -0.25) is 0 Å². The standard InChI is InChI=1S/C9H8BrClO3/c1-14-9(13)8(12)6-3-2-5(11)4-7(6)10/h2-4,8,12H,1H3. The van der Waals surface area contributed by atoms with E-state index < -0.39 is 12.1 Å². The van der Waals surface area contributed by atoms with E-state index in [1.807, 2.05) is 0 Å². The Morgan fingerprint density at radius 2 is 2.29 bits per heavy atom. The normalized spacial score (nSPS) is 12.3. The molecule has 1 aromatic carbocycles. The van der Waals surface area contributed by atoms with E-state index in [4.69, 9.17) is 11.6 Å². The second-order valence-corrected chi connectivity index (χ2v) is 3.88. The first kappa shape index (κ1) is 11.5. The first-order valence-electron chi connectivity index (χ1n) is 3.77. The number of esters is 1. The molecule has 0 saturated carbocycles. The molecule has 0 aliphatic rings. The number of carbonyl (C=O) groups is 1. The minimum Gasteiger partial charge on any atom is -0.467 e. The Morgan fingerprint density at radius 3 is 2.79 bits per heavy atom. The van der Waals surface area contributed by atoms with Crippen LogP contribution in [0.2, 0.25) is 5.02 Å². The van der Waals surface area contributed by atoms with Crippen LogP contribution in [0.3, 0.4) is 0 Å². The molecule has 3 nitrogen and oxygen atoms in total. The van der Waals surface area contributed by atoms with Crippen LogP contribution in [0.25, 0.3) is 0 Å². The molecule has 0 heterocycles. The average molecular weight is 280 g/mol. The molecule has 1 N–H and O–H groups in total. The monoisotopic (exact) mass is 278 g/mol. The SMILES string of the molecule is COC(=O)C(O)c1ccc(Cl)cc1Br. The molecule has 1 aromatic rings. The molecule has 1 atom stereocenters. The molecule has 0 radical (unpaired) electrons. The van der Waals surface area contributed by atoms with Gasteiger partial charge in [-0.25, -0.2) is 4.79 Å². The number of methoxy groups -OCH3 is 1. The lowest BCUT2D eigenvalue weighted by Crippen LogP contribution is -2.13. The maximum atomic E-state index is 11.0. The van der Waals surface area contributed by atoms with Crippen molar-refractivity contribution in [1.29, 1.82) is 0 Å². The molecule has 1 rings (SSSR count). The summed E-state index contributed by atoms with van der Waals surface area (Å²) in [5, 5.41) is 10.0. The van der Waals surface area contributed by atoms with Crippen molar-refractivity contribution in [2.75, 3.05) is 7.11 Å². The van der Waals surface area contributed by atoms with Crippen LogP contribution >= 0.6 is 27.5 Å². The predicted octanol–water partition coefficient (Wildman–Crippen LogP) is 2.31. The van der Waals surface area contributed by atoms with E-state index >= 15 is 0 Å². The van der Waals surface area contributed by atoms with Crippen LogP contribution in [0.1, 0.15) is 11.7 Å². The first-order valence-corrected chi connectivity index (χ1v) is 4.94. The number of hydrogen-bond donors (Lipinski definition) is 1. The molecule has 76 valence electrons. The second-order valence-electron chi connectivity index (χ2n) is 2.59. The lowest BCUT2D eigenvalue weighted by atomic mass is 10.1. The summed E-state index contributed by atoms with van der Waals surface area (Å²) in [6, 6.07) is 4.75. The van der Waals surface area contributed by atoms with Crippen LogP contribution in [-0.4, -0.2) is 18.2 Å². The number of ether oxygens (including phenoxy) is 1. The predicted molar refractivity (Wildman–Crippen MR) is 56.1 cm³/mol. The van der Waals surface area contributed by atoms with Gasteiger partial charge in [-0.2, -0.15) is 0 Å². The molecule has 0 aliphatic carbocycles. The molecule has 0 spiro atoms. The van der Waals surface area contributed by atoms with Crippen molar-refractivity contribution in [2.45, 2.75) is 6.10 Å². The Kier molecular flexibility index (Phi) is 3.92. The fraction of sp³-hybridized carbons (Fsp3) is 0.222. The number of rotatable bonds is 2. The van der Waals surface area contributed by atoms with Gasteiger partial charge >= 0.3 is 5.97 Å². The Hall–Kier alpha value is -0.580. The number of carbonyl (C=O) groups excluding carboxylic acids is 1. The van der Waals surface area contributed by atoms with Crippen LogP contribution in [-0.2, 0) is 9.53 Å².